The smallest absolute Gasteiger partial charge is 0.338 e. The van der Waals surface area contributed by atoms with E-state index < -0.39 is 5.60 Å². The summed E-state index contributed by atoms with van der Waals surface area (Å²) in [6.45, 7) is 5.52. The monoisotopic (exact) mass is 284 g/mol. The van der Waals surface area contributed by atoms with Crippen molar-refractivity contribution in [2.75, 3.05) is 0 Å². The van der Waals surface area contributed by atoms with Gasteiger partial charge < -0.3 is 4.74 Å². The molecule has 0 saturated carbocycles. The second kappa shape index (κ2) is 4.80. The maximum atomic E-state index is 12.3. The van der Waals surface area contributed by atoms with Crippen LogP contribution in [0.5, 0.6) is 0 Å². The summed E-state index contributed by atoms with van der Waals surface area (Å²) in [6, 6.07) is -0.101. The summed E-state index contributed by atoms with van der Waals surface area (Å²) >= 11 is 0. The van der Waals surface area contributed by atoms with E-state index in [0.717, 1.165) is 5.57 Å². The van der Waals surface area contributed by atoms with Crippen LogP contribution in [0.25, 0.3) is 6.08 Å². The van der Waals surface area contributed by atoms with Gasteiger partial charge in [0.05, 0.1) is 11.6 Å². The summed E-state index contributed by atoms with van der Waals surface area (Å²) in [7, 11) is 0. The van der Waals surface area contributed by atoms with Gasteiger partial charge in [-0.05, 0) is 48.9 Å². The SMILES string of the molecule is CC(C)(C)OC(=O)C1=Cc2nnnn2C2C=CC=CC2=C1. The Hall–Kier alpha value is -2.50. The van der Waals surface area contributed by atoms with Gasteiger partial charge in [-0.3, -0.25) is 0 Å². The van der Waals surface area contributed by atoms with Crippen molar-refractivity contribution in [3.63, 3.8) is 0 Å². The fourth-order valence-electron chi connectivity index (χ4n) is 2.21. The van der Waals surface area contributed by atoms with E-state index in [9.17, 15) is 4.79 Å². The third-order valence-electron chi connectivity index (χ3n) is 3.06. The number of nitrogens with zero attached hydrogens (tertiary/aromatic N) is 4. The lowest BCUT2D eigenvalue weighted by molar-refractivity contribution is -0.149. The molecule has 3 rings (SSSR count). The standard InChI is InChI=1S/C15H16N4O2/c1-15(2,3)21-14(20)11-8-10-6-4-5-7-12(10)19-13(9-11)16-17-18-19/h4-9,12H,1-3H3. The molecule has 1 atom stereocenters. The van der Waals surface area contributed by atoms with Crippen molar-refractivity contribution in [3.8, 4) is 0 Å². The molecule has 1 unspecified atom stereocenters. The molecule has 0 radical (unpaired) electrons. The highest BCUT2D eigenvalue weighted by atomic mass is 16.6. The largest absolute Gasteiger partial charge is 0.456 e. The number of tetrazole rings is 1. The minimum atomic E-state index is -0.545. The lowest BCUT2D eigenvalue weighted by Crippen LogP contribution is -2.24. The van der Waals surface area contributed by atoms with E-state index in [0.29, 0.717) is 11.4 Å². The molecule has 0 fully saturated rings. The molecule has 6 heteroatoms. The van der Waals surface area contributed by atoms with Crippen LogP contribution in [0.15, 0.2) is 41.5 Å². The number of aromatic nitrogens is 4. The second-order valence-corrected chi connectivity index (χ2v) is 5.92. The van der Waals surface area contributed by atoms with Crippen LogP contribution >= 0.6 is 0 Å². The Bertz CT molecular complexity index is 702. The Morgan fingerprint density at radius 2 is 2.10 bits per heavy atom. The zero-order valence-corrected chi connectivity index (χ0v) is 12.1. The number of fused-ring (bicyclic) bond motifs is 3. The molecular formula is C15H16N4O2. The summed E-state index contributed by atoms with van der Waals surface area (Å²) in [5.74, 6) is 0.153. The molecule has 0 saturated heterocycles. The van der Waals surface area contributed by atoms with Gasteiger partial charge >= 0.3 is 5.97 Å². The number of hydrogen-bond acceptors (Lipinski definition) is 5. The third-order valence-corrected chi connectivity index (χ3v) is 3.06. The van der Waals surface area contributed by atoms with Crippen molar-refractivity contribution in [3.05, 3.63) is 47.4 Å². The number of rotatable bonds is 1. The maximum absolute atomic E-state index is 12.3. The summed E-state index contributed by atoms with van der Waals surface area (Å²) in [4.78, 5) is 12.3. The van der Waals surface area contributed by atoms with E-state index in [-0.39, 0.29) is 12.0 Å². The molecule has 1 aliphatic carbocycles. The Morgan fingerprint density at radius 3 is 2.86 bits per heavy atom. The van der Waals surface area contributed by atoms with E-state index in [1.807, 2.05) is 51.2 Å². The molecule has 1 aromatic heterocycles. The molecule has 0 aromatic carbocycles. The Kier molecular flexibility index (Phi) is 3.08. The number of carbonyl (C=O) groups is 1. The van der Waals surface area contributed by atoms with Gasteiger partial charge in [0, 0.05) is 0 Å². The molecule has 6 nitrogen and oxygen atoms in total. The number of allylic oxidation sites excluding steroid dienone is 5. The van der Waals surface area contributed by atoms with Gasteiger partial charge in [-0.1, -0.05) is 24.3 Å². The van der Waals surface area contributed by atoms with Crippen LogP contribution in [0, 0.1) is 0 Å². The summed E-state index contributed by atoms with van der Waals surface area (Å²) in [6.07, 6.45) is 11.3. The summed E-state index contributed by atoms with van der Waals surface area (Å²) in [5, 5.41) is 11.7. The highest BCUT2D eigenvalue weighted by Gasteiger charge is 2.26. The highest BCUT2D eigenvalue weighted by molar-refractivity contribution is 5.97. The Labute approximate surface area is 122 Å². The Balaban J connectivity index is 2.04. The molecule has 0 spiro atoms. The van der Waals surface area contributed by atoms with Crippen LogP contribution in [-0.4, -0.2) is 31.8 Å². The lowest BCUT2D eigenvalue weighted by Gasteiger charge is -2.20. The van der Waals surface area contributed by atoms with E-state index in [1.54, 1.807) is 10.8 Å². The Morgan fingerprint density at radius 1 is 1.29 bits per heavy atom. The van der Waals surface area contributed by atoms with Crippen LogP contribution < -0.4 is 0 Å². The lowest BCUT2D eigenvalue weighted by atomic mass is 10.0. The zero-order valence-electron chi connectivity index (χ0n) is 12.1. The quantitative estimate of drug-likeness (QED) is 0.738. The minimum Gasteiger partial charge on any atom is -0.456 e. The van der Waals surface area contributed by atoms with Gasteiger partial charge in [0.15, 0.2) is 5.82 Å². The molecule has 0 bridgehead atoms. The van der Waals surface area contributed by atoms with Crippen molar-refractivity contribution in [1.82, 2.24) is 20.2 Å². The van der Waals surface area contributed by atoms with Crippen LogP contribution in [-0.2, 0) is 9.53 Å². The van der Waals surface area contributed by atoms with Crippen molar-refractivity contribution in [2.45, 2.75) is 32.4 Å². The first-order chi connectivity index (χ1) is 9.94. The molecule has 0 N–H and O–H groups in total. The van der Waals surface area contributed by atoms with Crippen LogP contribution in [0.3, 0.4) is 0 Å². The van der Waals surface area contributed by atoms with Crippen LogP contribution in [0.4, 0.5) is 0 Å². The van der Waals surface area contributed by atoms with Gasteiger partial charge in [0.25, 0.3) is 0 Å². The van der Waals surface area contributed by atoms with Gasteiger partial charge in [-0.15, -0.1) is 5.10 Å². The number of carbonyl (C=O) groups excluding carboxylic acids is 1. The van der Waals surface area contributed by atoms with Crippen molar-refractivity contribution in [1.29, 1.82) is 0 Å². The predicted octanol–water partition coefficient (Wildman–Crippen LogP) is 2.01. The normalized spacial score (nSPS) is 20.0. The summed E-state index contributed by atoms with van der Waals surface area (Å²) in [5.41, 5.74) is 0.843. The molecule has 21 heavy (non-hydrogen) atoms. The van der Waals surface area contributed by atoms with Crippen molar-refractivity contribution in [2.24, 2.45) is 0 Å². The van der Waals surface area contributed by atoms with Crippen LogP contribution in [0.1, 0.15) is 32.6 Å². The summed E-state index contributed by atoms with van der Waals surface area (Å²) < 4.78 is 7.12. The molecule has 2 heterocycles. The first-order valence-electron chi connectivity index (χ1n) is 6.73. The minimum absolute atomic E-state index is 0.101. The fourth-order valence-corrected chi connectivity index (χ4v) is 2.21. The van der Waals surface area contributed by atoms with Gasteiger partial charge in [0.2, 0.25) is 0 Å². The third kappa shape index (κ3) is 2.69. The van der Waals surface area contributed by atoms with Crippen molar-refractivity contribution < 1.29 is 9.53 Å². The average molecular weight is 284 g/mol. The first kappa shape index (κ1) is 13.5. The number of esters is 1. The van der Waals surface area contributed by atoms with Gasteiger partial charge in [-0.2, -0.15) is 0 Å². The highest BCUT2D eigenvalue weighted by Crippen LogP contribution is 2.29. The predicted molar refractivity (Wildman–Crippen MR) is 77.0 cm³/mol. The molecule has 1 aliphatic heterocycles. The van der Waals surface area contributed by atoms with E-state index in [1.165, 1.54) is 0 Å². The maximum Gasteiger partial charge on any atom is 0.338 e. The van der Waals surface area contributed by atoms with E-state index in [2.05, 4.69) is 15.5 Å². The number of ether oxygens (including phenoxy) is 1. The first-order valence-corrected chi connectivity index (χ1v) is 6.73. The van der Waals surface area contributed by atoms with Crippen LogP contribution in [0.2, 0.25) is 0 Å². The fraction of sp³-hybridized carbons (Fsp3) is 0.333. The molecular weight excluding hydrogens is 268 g/mol. The number of hydrogen-bond donors (Lipinski definition) is 0. The zero-order chi connectivity index (χ0) is 15.0. The van der Waals surface area contributed by atoms with Gasteiger partial charge in [0.1, 0.15) is 5.60 Å². The molecule has 2 aliphatic rings. The average Bonchev–Trinajstić information content (AvgIpc) is 2.79. The van der Waals surface area contributed by atoms with Crippen molar-refractivity contribution >= 4 is 12.0 Å². The molecule has 0 amide bonds. The van der Waals surface area contributed by atoms with E-state index in [4.69, 9.17) is 4.74 Å². The van der Waals surface area contributed by atoms with E-state index >= 15 is 0 Å². The van der Waals surface area contributed by atoms with Gasteiger partial charge in [-0.25, -0.2) is 9.48 Å². The molecule has 1 aromatic rings. The molecule has 108 valence electrons. The second-order valence-electron chi connectivity index (χ2n) is 5.92. The topological polar surface area (TPSA) is 69.9 Å².